The molecule has 0 amide bonds. The molecular formula is C14H25N5S. The van der Waals surface area contributed by atoms with Gasteiger partial charge in [-0.25, -0.2) is 0 Å². The number of rotatable bonds is 3. The molecule has 0 saturated carbocycles. The van der Waals surface area contributed by atoms with Crippen molar-refractivity contribution < 1.29 is 0 Å². The Morgan fingerprint density at radius 1 is 1.30 bits per heavy atom. The molecule has 0 bridgehead atoms. The van der Waals surface area contributed by atoms with Gasteiger partial charge in [0.2, 0.25) is 5.95 Å². The van der Waals surface area contributed by atoms with Crippen molar-refractivity contribution in [1.82, 2.24) is 15.2 Å². The molecule has 1 aromatic rings. The van der Waals surface area contributed by atoms with Crippen molar-refractivity contribution in [3.63, 3.8) is 0 Å². The van der Waals surface area contributed by atoms with E-state index in [1.807, 2.05) is 11.8 Å². The molecule has 0 radical (unpaired) electrons. The number of nitrogens with two attached hydrogens (primary N) is 1. The first-order valence-corrected chi connectivity index (χ1v) is 8.55. The van der Waals surface area contributed by atoms with Crippen LogP contribution in [0.2, 0.25) is 0 Å². The maximum absolute atomic E-state index is 5.87. The van der Waals surface area contributed by atoms with Crippen LogP contribution in [0.3, 0.4) is 0 Å². The van der Waals surface area contributed by atoms with Gasteiger partial charge in [0.25, 0.3) is 0 Å². The number of piperidine rings is 1. The van der Waals surface area contributed by atoms with Gasteiger partial charge in [-0.1, -0.05) is 6.92 Å². The predicted molar refractivity (Wildman–Crippen MR) is 84.0 cm³/mol. The van der Waals surface area contributed by atoms with E-state index in [1.165, 1.54) is 18.6 Å². The lowest BCUT2D eigenvalue weighted by Crippen LogP contribution is -2.42. The Bertz CT molecular complexity index is 458. The summed E-state index contributed by atoms with van der Waals surface area (Å²) in [4.78, 5) is 7.06. The molecule has 1 aromatic heterocycles. The Morgan fingerprint density at radius 3 is 2.65 bits per heavy atom. The zero-order chi connectivity index (χ0) is 14.2. The van der Waals surface area contributed by atoms with Gasteiger partial charge in [-0.05, 0) is 50.3 Å². The average molecular weight is 295 g/mol. The van der Waals surface area contributed by atoms with E-state index in [2.05, 4.69) is 28.9 Å². The number of aromatic amines is 1. The third-order valence-electron chi connectivity index (χ3n) is 4.94. The molecule has 3 N–H and O–H groups in total. The van der Waals surface area contributed by atoms with E-state index in [1.54, 1.807) is 0 Å². The fourth-order valence-electron chi connectivity index (χ4n) is 3.05. The van der Waals surface area contributed by atoms with Gasteiger partial charge in [0.05, 0.1) is 4.75 Å². The molecule has 2 aliphatic rings. The van der Waals surface area contributed by atoms with Crippen molar-refractivity contribution >= 4 is 17.7 Å². The summed E-state index contributed by atoms with van der Waals surface area (Å²) in [5.74, 6) is 3.14. The van der Waals surface area contributed by atoms with Gasteiger partial charge < -0.3 is 10.6 Å². The third kappa shape index (κ3) is 2.55. The molecular weight excluding hydrogens is 270 g/mol. The van der Waals surface area contributed by atoms with Gasteiger partial charge in [0, 0.05) is 13.1 Å². The number of aromatic nitrogens is 3. The molecule has 5 nitrogen and oxygen atoms in total. The Labute approximate surface area is 125 Å². The monoisotopic (exact) mass is 295 g/mol. The molecule has 2 aliphatic heterocycles. The number of nitrogens with zero attached hydrogens (tertiary/aromatic N) is 3. The highest BCUT2D eigenvalue weighted by Crippen LogP contribution is 2.45. The molecule has 0 aromatic carbocycles. The Balaban J connectivity index is 1.69. The minimum absolute atomic E-state index is 0.132. The van der Waals surface area contributed by atoms with Gasteiger partial charge in [-0.3, -0.25) is 5.10 Å². The maximum atomic E-state index is 5.87. The van der Waals surface area contributed by atoms with E-state index in [4.69, 9.17) is 10.7 Å². The van der Waals surface area contributed by atoms with E-state index >= 15 is 0 Å². The zero-order valence-electron chi connectivity index (χ0n) is 12.5. The molecule has 1 unspecified atom stereocenters. The van der Waals surface area contributed by atoms with Crippen LogP contribution in [-0.2, 0) is 4.75 Å². The number of nitrogens with one attached hydrogen (secondary N) is 1. The number of hydrogen-bond donors (Lipinski definition) is 2. The van der Waals surface area contributed by atoms with E-state index < -0.39 is 0 Å². The number of anilines is 1. The molecule has 20 heavy (non-hydrogen) atoms. The second-order valence-electron chi connectivity index (χ2n) is 6.67. The van der Waals surface area contributed by atoms with Gasteiger partial charge in [0.1, 0.15) is 5.82 Å². The quantitative estimate of drug-likeness (QED) is 0.893. The molecule has 3 heterocycles. The SMILES string of the molecule is CC1(CN)CCN(c2n[nH]c(C3(C)CCCS3)n2)CC1. The first-order valence-electron chi connectivity index (χ1n) is 7.57. The summed E-state index contributed by atoms with van der Waals surface area (Å²) < 4.78 is 0.132. The van der Waals surface area contributed by atoms with Crippen LogP contribution in [0.1, 0.15) is 45.4 Å². The summed E-state index contributed by atoms with van der Waals surface area (Å²) in [6.07, 6.45) is 4.71. The molecule has 0 aliphatic carbocycles. The highest BCUT2D eigenvalue weighted by Gasteiger charge is 2.36. The van der Waals surface area contributed by atoms with Crippen molar-refractivity contribution in [2.75, 3.05) is 30.3 Å². The van der Waals surface area contributed by atoms with Crippen LogP contribution < -0.4 is 10.6 Å². The maximum Gasteiger partial charge on any atom is 0.244 e. The highest BCUT2D eigenvalue weighted by molar-refractivity contribution is 8.00. The van der Waals surface area contributed by atoms with E-state index in [0.717, 1.165) is 44.2 Å². The Kier molecular flexibility index (Phi) is 3.71. The van der Waals surface area contributed by atoms with E-state index in [0.29, 0.717) is 5.41 Å². The zero-order valence-corrected chi connectivity index (χ0v) is 13.3. The largest absolute Gasteiger partial charge is 0.340 e. The molecule has 0 spiro atoms. The van der Waals surface area contributed by atoms with Crippen molar-refractivity contribution in [3.8, 4) is 0 Å². The van der Waals surface area contributed by atoms with Gasteiger partial charge in [-0.2, -0.15) is 4.98 Å². The van der Waals surface area contributed by atoms with Crippen LogP contribution in [0, 0.1) is 5.41 Å². The van der Waals surface area contributed by atoms with Crippen LogP contribution in [0.25, 0.3) is 0 Å². The van der Waals surface area contributed by atoms with Crippen LogP contribution in [0.15, 0.2) is 0 Å². The molecule has 6 heteroatoms. The average Bonchev–Trinajstić information content (AvgIpc) is 3.09. The topological polar surface area (TPSA) is 70.8 Å². The van der Waals surface area contributed by atoms with Crippen molar-refractivity contribution in [2.24, 2.45) is 11.1 Å². The number of H-pyrrole nitrogens is 1. The normalized spacial score (nSPS) is 29.9. The van der Waals surface area contributed by atoms with Crippen LogP contribution >= 0.6 is 11.8 Å². The third-order valence-corrected chi connectivity index (χ3v) is 6.47. The Hall–Kier alpha value is -0.750. The van der Waals surface area contributed by atoms with E-state index in [-0.39, 0.29) is 4.75 Å². The molecule has 2 saturated heterocycles. The lowest BCUT2D eigenvalue weighted by molar-refractivity contribution is 0.257. The fourth-order valence-corrected chi connectivity index (χ4v) is 4.30. The molecule has 2 fully saturated rings. The van der Waals surface area contributed by atoms with Crippen molar-refractivity contribution in [3.05, 3.63) is 5.82 Å². The summed E-state index contributed by atoms with van der Waals surface area (Å²) in [7, 11) is 0. The van der Waals surface area contributed by atoms with E-state index in [9.17, 15) is 0 Å². The fraction of sp³-hybridized carbons (Fsp3) is 0.857. The van der Waals surface area contributed by atoms with Crippen molar-refractivity contribution in [1.29, 1.82) is 0 Å². The highest BCUT2D eigenvalue weighted by atomic mass is 32.2. The van der Waals surface area contributed by atoms with Crippen LogP contribution in [0.4, 0.5) is 5.95 Å². The van der Waals surface area contributed by atoms with Crippen LogP contribution in [-0.4, -0.2) is 40.6 Å². The molecule has 112 valence electrons. The summed E-state index contributed by atoms with van der Waals surface area (Å²) >= 11 is 1.99. The number of hydrogen-bond acceptors (Lipinski definition) is 5. The first-order chi connectivity index (χ1) is 9.55. The van der Waals surface area contributed by atoms with Gasteiger partial charge in [0.15, 0.2) is 0 Å². The van der Waals surface area contributed by atoms with Gasteiger partial charge in [-0.15, -0.1) is 16.9 Å². The summed E-state index contributed by atoms with van der Waals surface area (Å²) in [5, 5.41) is 7.62. The minimum Gasteiger partial charge on any atom is -0.340 e. The first kappa shape index (κ1) is 14.2. The Morgan fingerprint density at radius 2 is 2.05 bits per heavy atom. The lowest BCUT2D eigenvalue weighted by Gasteiger charge is -2.38. The minimum atomic E-state index is 0.132. The summed E-state index contributed by atoms with van der Waals surface area (Å²) in [6.45, 7) is 7.35. The standard InChI is InChI=1S/C14H25N5S/c1-13(10-15)5-7-19(8-6-13)12-16-11(17-18-12)14(2)4-3-9-20-14/h3-10,15H2,1-2H3,(H,16,17,18). The predicted octanol–water partition coefficient (Wildman–Crippen LogP) is 2.11. The van der Waals surface area contributed by atoms with Crippen molar-refractivity contribution in [2.45, 2.75) is 44.3 Å². The summed E-state index contributed by atoms with van der Waals surface area (Å²) in [5.41, 5.74) is 6.16. The lowest BCUT2D eigenvalue weighted by atomic mass is 9.81. The molecule has 1 atom stereocenters. The van der Waals surface area contributed by atoms with Gasteiger partial charge >= 0.3 is 0 Å². The smallest absolute Gasteiger partial charge is 0.244 e. The second-order valence-corrected chi connectivity index (χ2v) is 8.27. The number of thioether (sulfide) groups is 1. The second kappa shape index (κ2) is 5.22. The van der Waals surface area contributed by atoms with Crippen LogP contribution in [0.5, 0.6) is 0 Å². The molecule has 3 rings (SSSR count). The summed E-state index contributed by atoms with van der Waals surface area (Å²) in [6, 6.07) is 0.